The highest BCUT2D eigenvalue weighted by molar-refractivity contribution is 7.89. The monoisotopic (exact) mass is 283 g/mol. The van der Waals surface area contributed by atoms with E-state index >= 15 is 0 Å². The minimum Gasteiger partial charge on any atom is -0.480 e. The van der Waals surface area contributed by atoms with Gasteiger partial charge in [0, 0.05) is 19.4 Å². The Morgan fingerprint density at radius 3 is 2.50 bits per heavy atom. The molecule has 0 aromatic rings. The maximum Gasteiger partial charge on any atom is 0.322 e. The molecule has 2 fully saturated rings. The number of rotatable bonds is 4. The van der Waals surface area contributed by atoms with E-state index in [9.17, 15) is 22.0 Å². The molecular weight excluding hydrogens is 268 g/mol. The largest absolute Gasteiger partial charge is 0.480 e. The van der Waals surface area contributed by atoms with Gasteiger partial charge in [0.05, 0.1) is 5.75 Å². The molecule has 1 saturated carbocycles. The Labute approximate surface area is 104 Å². The fourth-order valence-corrected chi connectivity index (χ4v) is 4.63. The lowest BCUT2D eigenvalue weighted by molar-refractivity contribution is -0.140. The van der Waals surface area contributed by atoms with Crippen LogP contribution in [-0.4, -0.2) is 48.1 Å². The highest BCUT2D eigenvalue weighted by Crippen LogP contribution is 2.43. The summed E-state index contributed by atoms with van der Waals surface area (Å²) in [4.78, 5) is 10.9. The molecule has 2 aliphatic rings. The number of carboxylic acids is 1. The van der Waals surface area contributed by atoms with Crippen LogP contribution in [0.5, 0.6) is 0 Å². The van der Waals surface area contributed by atoms with E-state index < -0.39 is 46.7 Å². The molecule has 18 heavy (non-hydrogen) atoms. The summed E-state index contributed by atoms with van der Waals surface area (Å²) in [6, 6.07) is -1.03. The van der Waals surface area contributed by atoms with Crippen LogP contribution in [0, 0.1) is 5.92 Å². The molecule has 0 bridgehead atoms. The third-order valence-corrected chi connectivity index (χ3v) is 5.51. The van der Waals surface area contributed by atoms with Crippen molar-refractivity contribution in [1.82, 2.24) is 4.31 Å². The number of halogens is 2. The van der Waals surface area contributed by atoms with E-state index in [2.05, 4.69) is 0 Å². The standard InChI is InChI=1S/C10H15F2NO4S/c11-10(12)4-7(5-10)6-18(16,17)13-3-1-2-8(13)9(14)15/h7-8H,1-6H2,(H,14,15). The second kappa shape index (κ2) is 4.41. The Balaban J connectivity index is 2.01. The number of alkyl halides is 2. The first kappa shape index (κ1) is 13.7. The third-order valence-electron chi connectivity index (χ3n) is 3.47. The first-order valence-electron chi connectivity index (χ1n) is 5.81. The van der Waals surface area contributed by atoms with Crippen molar-refractivity contribution < 1.29 is 27.1 Å². The number of hydrogen-bond donors (Lipinski definition) is 1. The maximum absolute atomic E-state index is 12.6. The minimum absolute atomic E-state index is 0.169. The van der Waals surface area contributed by atoms with Crippen molar-refractivity contribution in [3.05, 3.63) is 0 Å². The Kier molecular flexibility index (Phi) is 3.35. The molecule has 1 aliphatic carbocycles. The van der Waals surface area contributed by atoms with Crippen LogP contribution in [0.25, 0.3) is 0 Å². The Bertz CT molecular complexity index is 443. The molecule has 0 radical (unpaired) electrons. The van der Waals surface area contributed by atoms with Gasteiger partial charge in [0.15, 0.2) is 0 Å². The topological polar surface area (TPSA) is 74.7 Å². The Morgan fingerprint density at radius 2 is 2.00 bits per heavy atom. The normalized spacial score (nSPS) is 29.1. The highest BCUT2D eigenvalue weighted by atomic mass is 32.2. The first-order chi connectivity index (χ1) is 8.21. The molecule has 1 saturated heterocycles. The van der Waals surface area contributed by atoms with Crippen LogP contribution in [-0.2, 0) is 14.8 Å². The van der Waals surface area contributed by atoms with Crippen molar-refractivity contribution in [2.24, 2.45) is 5.92 Å². The Hall–Kier alpha value is -0.760. The number of carboxylic acid groups (broad SMARTS) is 1. The van der Waals surface area contributed by atoms with E-state index in [-0.39, 0.29) is 18.7 Å². The summed E-state index contributed by atoms with van der Waals surface area (Å²) >= 11 is 0. The fraction of sp³-hybridized carbons (Fsp3) is 0.900. The molecule has 1 N–H and O–H groups in total. The van der Waals surface area contributed by atoms with Gasteiger partial charge in [-0.2, -0.15) is 4.31 Å². The van der Waals surface area contributed by atoms with E-state index in [1.54, 1.807) is 0 Å². The molecule has 1 aliphatic heterocycles. The molecule has 0 amide bonds. The van der Waals surface area contributed by atoms with Crippen LogP contribution in [0.4, 0.5) is 8.78 Å². The van der Waals surface area contributed by atoms with Gasteiger partial charge in [0.2, 0.25) is 15.9 Å². The molecule has 0 aromatic carbocycles. The van der Waals surface area contributed by atoms with Gasteiger partial charge in [-0.15, -0.1) is 0 Å². The fourth-order valence-electron chi connectivity index (χ4n) is 2.62. The summed E-state index contributed by atoms with van der Waals surface area (Å²) in [7, 11) is -3.75. The molecule has 2 rings (SSSR count). The molecule has 104 valence electrons. The maximum atomic E-state index is 12.6. The van der Waals surface area contributed by atoms with E-state index in [4.69, 9.17) is 5.11 Å². The first-order valence-corrected chi connectivity index (χ1v) is 7.42. The van der Waals surface area contributed by atoms with Crippen molar-refractivity contribution in [3.8, 4) is 0 Å². The zero-order valence-corrected chi connectivity index (χ0v) is 10.5. The van der Waals surface area contributed by atoms with Crippen molar-refractivity contribution in [2.45, 2.75) is 37.6 Å². The van der Waals surface area contributed by atoms with E-state index in [0.717, 1.165) is 4.31 Å². The smallest absolute Gasteiger partial charge is 0.322 e. The Morgan fingerprint density at radius 1 is 1.39 bits per heavy atom. The number of nitrogens with zero attached hydrogens (tertiary/aromatic N) is 1. The second-order valence-electron chi connectivity index (χ2n) is 5.02. The lowest BCUT2D eigenvalue weighted by atomic mass is 9.83. The summed E-state index contributed by atoms with van der Waals surface area (Å²) in [5.74, 6) is -4.85. The van der Waals surface area contributed by atoms with E-state index in [0.29, 0.717) is 6.42 Å². The molecule has 5 nitrogen and oxygen atoms in total. The molecule has 0 aromatic heterocycles. The average Bonchev–Trinajstić information content (AvgIpc) is 2.62. The van der Waals surface area contributed by atoms with Crippen molar-refractivity contribution in [3.63, 3.8) is 0 Å². The van der Waals surface area contributed by atoms with Gasteiger partial charge in [0.25, 0.3) is 0 Å². The van der Waals surface area contributed by atoms with Crippen LogP contribution in [0.3, 0.4) is 0 Å². The summed E-state index contributed by atoms with van der Waals surface area (Å²) in [6.07, 6.45) is -0.0535. The zero-order chi connectivity index (χ0) is 13.6. The van der Waals surface area contributed by atoms with Gasteiger partial charge in [-0.05, 0) is 18.8 Å². The predicted molar refractivity (Wildman–Crippen MR) is 58.8 cm³/mol. The third kappa shape index (κ3) is 2.64. The van der Waals surface area contributed by atoms with Crippen LogP contribution >= 0.6 is 0 Å². The van der Waals surface area contributed by atoms with Crippen molar-refractivity contribution in [1.29, 1.82) is 0 Å². The number of carbonyl (C=O) groups is 1. The molecule has 1 atom stereocenters. The van der Waals surface area contributed by atoms with Gasteiger partial charge >= 0.3 is 5.97 Å². The van der Waals surface area contributed by atoms with Gasteiger partial charge in [0.1, 0.15) is 6.04 Å². The van der Waals surface area contributed by atoms with Crippen LogP contribution < -0.4 is 0 Å². The number of hydrogen-bond acceptors (Lipinski definition) is 3. The van der Waals surface area contributed by atoms with Crippen LogP contribution in [0.2, 0.25) is 0 Å². The summed E-state index contributed by atoms with van der Waals surface area (Å²) < 4.78 is 50.2. The van der Waals surface area contributed by atoms with Gasteiger partial charge in [-0.25, -0.2) is 17.2 Å². The van der Waals surface area contributed by atoms with Crippen molar-refractivity contribution >= 4 is 16.0 Å². The number of aliphatic carboxylic acids is 1. The predicted octanol–water partition coefficient (Wildman–Crippen LogP) is 0.910. The highest BCUT2D eigenvalue weighted by Gasteiger charge is 2.48. The van der Waals surface area contributed by atoms with Gasteiger partial charge in [-0.1, -0.05) is 0 Å². The average molecular weight is 283 g/mol. The lowest BCUT2D eigenvalue weighted by Gasteiger charge is -2.35. The quantitative estimate of drug-likeness (QED) is 0.832. The molecule has 0 spiro atoms. The van der Waals surface area contributed by atoms with Crippen LogP contribution in [0.1, 0.15) is 25.7 Å². The lowest BCUT2D eigenvalue weighted by Crippen LogP contribution is -2.46. The van der Waals surface area contributed by atoms with E-state index in [1.165, 1.54) is 0 Å². The molecule has 8 heteroatoms. The summed E-state index contributed by atoms with van der Waals surface area (Å²) in [5, 5.41) is 8.91. The molecule has 1 unspecified atom stereocenters. The van der Waals surface area contributed by atoms with Crippen LogP contribution in [0.15, 0.2) is 0 Å². The van der Waals surface area contributed by atoms with Crippen molar-refractivity contribution in [2.75, 3.05) is 12.3 Å². The van der Waals surface area contributed by atoms with E-state index in [1.807, 2.05) is 0 Å². The van der Waals surface area contributed by atoms with Gasteiger partial charge < -0.3 is 5.11 Å². The second-order valence-corrected chi connectivity index (χ2v) is 6.98. The molecule has 1 heterocycles. The zero-order valence-electron chi connectivity index (χ0n) is 9.68. The minimum atomic E-state index is -3.75. The number of sulfonamides is 1. The molecular formula is C10H15F2NO4S. The summed E-state index contributed by atoms with van der Waals surface area (Å²) in [5.41, 5.74) is 0. The SMILES string of the molecule is O=C(O)C1CCCN1S(=O)(=O)CC1CC(F)(F)C1. The van der Waals surface area contributed by atoms with Gasteiger partial charge in [-0.3, -0.25) is 4.79 Å². The summed E-state index contributed by atoms with van der Waals surface area (Å²) in [6.45, 7) is 0.169.